The molecule has 0 heterocycles. The molecule has 0 bridgehead atoms. The average molecular weight is 376 g/mol. The van der Waals surface area contributed by atoms with Crippen LogP contribution in [0.3, 0.4) is 0 Å². The minimum Gasteiger partial charge on any atom is -0.310 e. The van der Waals surface area contributed by atoms with Gasteiger partial charge in [0.05, 0.1) is 0 Å². The van der Waals surface area contributed by atoms with Crippen LogP contribution in [-0.4, -0.2) is 0 Å². The van der Waals surface area contributed by atoms with Crippen LogP contribution in [0.2, 0.25) is 0 Å². The van der Waals surface area contributed by atoms with Gasteiger partial charge in [0.25, 0.3) is 0 Å². The van der Waals surface area contributed by atoms with Crippen molar-refractivity contribution >= 4 is 33.0 Å². The Morgan fingerprint density at radius 2 is 1.08 bits per heavy atom. The summed E-state index contributed by atoms with van der Waals surface area (Å²) in [7, 11) is 0. The summed E-state index contributed by atoms with van der Waals surface area (Å²) in [5.74, 6) is 0. The fourth-order valence-electron chi connectivity index (χ4n) is 2.58. The number of benzene rings is 3. The van der Waals surface area contributed by atoms with Gasteiger partial charge in [-0.25, -0.2) is 0 Å². The van der Waals surface area contributed by atoms with E-state index in [4.69, 9.17) is 0 Å². The summed E-state index contributed by atoms with van der Waals surface area (Å²) in [5, 5.41) is 0. The van der Waals surface area contributed by atoms with Crippen molar-refractivity contribution in [3.8, 4) is 0 Å². The standard InChI is InChI=1S/C22H18BrN/c1-17(19-9-5-3-6-10-19)24(22-11-7-4-8-12-22)18(2)20-13-15-21(23)16-14-20/h3-16H,1-2H2. The van der Waals surface area contributed by atoms with E-state index >= 15 is 0 Å². The van der Waals surface area contributed by atoms with Crippen molar-refractivity contribution in [2.45, 2.75) is 0 Å². The van der Waals surface area contributed by atoms with Crippen molar-refractivity contribution in [1.82, 2.24) is 0 Å². The first-order valence-corrected chi connectivity index (χ1v) is 8.50. The van der Waals surface area contributed by atoms with Gasteiger partial charge in [-0.15, -0.1) is 0 Å². The van der Waals surface area contributed by atoms with Crippen molar-refractivity contribution in [3.63, 3.8) is 0 Å². The Balaban J connectivity index is 2.04. The highest BCUT2D eigenvalue weighted by Gasteiger charge is 2.16. The Morgan fingerprint density at radius 3 is 1.62 bits per heavy atom. The van der Waals surface area contributed by atoms with E-state index in [2.05, 4.69) is 70.4 Å². The van der Waals surface area contributed by atoms with E-state index in [0.29, 0.717) is 0 Å². The van der Waals surface area contributed by atoms with Gasteiger partial charge in [-0.05, 0) is 35.4 Å². The van der Waals surface area contributed by atoms with Crippen molar-refractivity contribution in [3.05, 3.63) is 114 Å². The molecule has 0 saturated carbocycles. The van der Waals surface area contributed by atoms with Gasteiger partial charge in [0.1, 0.15) is 0 Å². The second-order valence-corrected chi connectivity index (χ2v) is 6.35. The first-order valence-electron chi connectivity index (χ1n) is 7.71. The Hall–Kier alpha value is -2.58. The van der Waals surface area contributed by atoms with E-state index in [1.165, 1.54) is 0 Å². The summed E-state index contributed by atoms with van der Waals surface area (Å²) >= 11 is 3.48. The van der Waals surface area contributed by atoms with Gasteiger partial charge >= 0.3 is 0 Å². The molecule has 3 aromatic carbocycles. The molecule has 1 nitrogen and oxygen atoms in total. The first kappa shape index (κ1) is 16.3. The summed E-state index contributed by atoms with van der Waals surface area (Å²) in [4.78, 5) is 2.10. The minimum atomic E-state index is 0.891. The van der Waals surface area contributed by atoms with Crippen LogP contribution in [0.4, 0.5) is 5.69 Å². The smallest absolute Gasteiger partial charge is 0.0462 e. The topological polar surface area (TPSA) is 3.24 Å². The maximum atomic E-state index is 4.33. The molecule has 0 saturated heterocycles. The van der Waals surface area contributed by atoms with Gasteiger partial charge in [-0.3, -0.25) is 0 Å². The number of hydrogen-bond acceptors (Lipinski definition) is 1. The Bertz CT molecular complexity index is 836. The number of para-hydroxylation sites is 1. The van der Waals surface area contributed by atoms with Gasteiger partial charge in [0, 0.05) is 21.6 Å². The predicted molar refractivity (Wildman–Crippen MR) is 108 cm³/mol. The molecule has 0 N–H and O–H groups in total. The highest BCUT2D eigenvalue weighted by Crippen LogP contribution is 2.33. The average Bonchev–Trinajstić information content (AvgIpc) is 2.64. The van der Waals surface area contributed by atoms with Crippen molar-refractivity contribution in [1.29, 1.82) is 0 Å². The fourth-order valence-corrected chi connectivity index (χ4v) is 2.85. The monoisotopic (exact) mass is 375 g/mol. The molecule has 118 valence electrons. The summed E-state index contributed by atoms with van der Waals surface area (Å²) in [6, 6.07) is 28.5. The predicted octanol–water partition coefficient (Wildman–Crippen LogP) is 6.60. The highest BCUT2D eigenvalue weighted by molar-refractivity contribution is 9.10. The van der Waals surface area contributed by atoms with E-state index in [1.54, 1.807) is 0 Å². The number of nitrogens with zero attached hydrogens (tertiary/aromatic N) is 1. The highest BCUT2D eigenvalue weighted by atomic mass is 79.9. The van der Waals surface area contributed by atoms with Crippen LogP contribution >= 0.6 is 15.9 Å². The molecule has 2 heteroatoms. The number of anilines is 1. The molecule has 0 spiro atoms. The van der Waals surface area contributed by atoms with E-state index in [1.807, 2.05) is 48.5 Å². The maximum absolute atomic E-state index is 4.33. The molecule has 0 amide bonds. The lowest BCUT2D eigenvalue weighted by molar-refractivity contribution is 1.31. The third-order valence-corrected chi connectivity index (χ3v) is 4.37. The molecule has 0 aliphatic carbocycles. The van der Waals surface area contributed by atoms with Gasteiger partial charge < -0.3 is 4.90 Å². The molecular formula is C22H18BrN. The summed E-state index contributed by atoms with van der Waals surface area (Å²) in [6.45, 7) is 8.65. The van der Waals surface area contributed by atoms with E-state index in [9.17, 15) is 0 Å². The van der Waals surface area contributed by atoms with Crippen molar-refractivity contribution in [2.24, 2.45) is 0 Å². The minimum absolute atomic E-state index is 0.891. The Morgan fingerprint density at radius 1 is 0.625 bits per heavy atom. The molecule has 24 heavy (non-hydrogen) atoms. The van der Waals surface area contributed by atoms with Gasteiger partial charge in [-0.2, -0.15) is 0 Å². The molecule has 3 aromatic rings. The first-order chi connectivity index (χ1) is 11.7. The third-order valence-electron chi connectivity index (χ3n) is 3.84. The Labute approximate surface area is 151 Å². The lowest BCUT2D eigenvalue weighted by Gasteiger charge is -2.29. The molecular weight excluding hydrogens is 358 g/mol. The van der Waals surface area contributed by atoms with E-state index < -0.39 is 0 Å². The molecule has 0 radical (unpaired) electrons. The Kier molecular flexibility index (Phi) is 4.97. The molecule has 0 unspecified atom stereocenters. The number of hydrogen-bond donors (Lipinski definition) is 0. The van der Waals surface area contributed by atoms with Gasteiger partial charge in [0.15, 0.2) is 0 Å². The lowest BCUT2D eigenvalue weighted by Crippen LogP contribution is -2.18. The van der Waals surface area contributed by atoms with Crippen LogP contribution < -0.4 is 4.90 Å². The summed E-state index contributed by atoms with van der Waals surface area (Å²) in [6.07, 6.45) is 0. The zero-order valence-electron chi connectivity index (χ0n) is 13.3. The molecule has 0 aliphatic heterocycles. The molecule has 0 aromatic heterocycles. The van der Waals surface area contributed by atoms with Gasteiger partial charge in [-0.1, -0.05) is 89.8 Å². The lowest BCUT2D eigenvalue weighted by atomic mass is 10.1. The van der Waals surface area contributed by atoms with Crippen LogP contribution in [-0.2, 0) is 0 Å². The van der Waals surface area contributed by atoms with Crippen LogP contribution in [0.1, 0.15) is 11.1 Å². The second kappa shape index (κ2) is 7.33. The van der Waals surface area contributed by atoms with Gasteiger partial charge in [0.2, 0.25) is 0 Å². The zero-order chi connectivity index (χ0) is 16.9. The van der Waals surface area contributed by atoms with E-state index in [-0.39, 0.29) is 0 Å². The maximum Gasteiger partial charge on any atom is 0.0462 e. The fraction of sp³-hybridized carbons (Fsp3) is 0. The molecule has 0 aliphatic rings. The SMILES string of the molecule is C=C(c1ccccc1)N(C(=C)c1ccc(Br)cc1)c1ccccc1. The largest absolute Gasteiger partial charge is 0.310 e. The quantitative estimate of drug-likeness (QED) is 0.485. The number of rotatable bonds is 5. The van der Waals surface area contributed by atoms with E-state index in [0.717, 1.165) is 32.7 Å². The van der Waals surface area contributed by atoms with Crippen LogP contribution in [0.5, 0.6) is 0 Å². The molecule has 0 atom stereocenters. The van der Waals surface area contributed by atoms with Crippen LogP contribution in [0, 0.1) is 0 Å². The summed E-state index contributed by atoms with van der Waals surface area (Å²) in [5.41, 5.74) is 4.95. The van der Waals surface area contributed by atoms with Crippen LogP contribution in [0.15, 0.2) is 103 Å². The third kappa shape index (κ3) is 3.50. The second-order valence-electron chi connectivity index (χ2n) is 5.44. The summed E-state index contributed by atoms with van der Waals surface area (Å²) < 4.78 is 1.05. The van der Waals surface area contributed by atoms with Crippen molar-refractivity contribution in [2.75, 3.05) is 4.90 Å². The molecule has 0 fully saturated rings. The van der Waals surface area contributed by atoms with Crippen LogP contribution in [0.25, 0.3) is 11.4 Å². The normalized spacial score (nSPS) is 10.2. The van der Waals surface area contributed by atoms with Crippen molar-refractivity contribution < 1.29 is 0 Å². The number of halogens is 1. The molecule has 3 rings (SSSR count). The zero-order valence-corrected chi connectivity index (χ0v) is 14.9.